The van der Waals surface area contributed by atoms with Crippen LogP contribution in [0, 0.1) is 11.3 Å². The number of hydrogen-bond acceptors (Lipinski definition) is 3. The molecule has 0 aliphatic carbocycles. The lowest BCUT2D eigenvalue weighted by Crippen LogP contribution is -2.34. The smallest absolute Gasteiger partial charge is 0.141 e. The highest BCUT2D eigenvalue weighted by Crippen LogP contribution is 2.18. The van der Waals surface area contributed by atoms with Gasteiger partial charge in [0.15, 0.2) is 0 Å². The summed E-state index contributed by atoms with van der Waals surface area (Å²) in [7, 11) is 0. The van der Waals surface area contributed by atoms with Gasteiger partial charge in [-0.15, -0.1) is 0 Å². The van der Waals surface area contributed by atoms with Gasteiger partial charge in [-0.25, -0.2) is 0 Å². The topological polar surface area (TPSA) is 66.0 Å². The molecule has 0 radical (unpaired) electrons. The van der Waals surface area contributed by atoms with E-state index in [1.54, 1.807) is 6.20 Å². The summed E-state index contributed by atoms with van der Waals surface area (Å²) < 4.78 is 0. The normalized spacial score (nSPS) is 10.9. The highest BCUT2D eigenvalue weighted by molar-refractivity contribution is 5.93. The molecular weight excluding hydrogens is 212 g/mol. The molecule has 0 aliphatic heterocycles. The Hall–Kier alpha value is -1.58. The fourth-order valence-electron chi connectivity index (χ4n) is 1.75. The van der Waals surface area contributed by atoms with Gasteiger partial charge in [0.2, 0.25) is 0 Å². The van der Waals surface area contributed by atoms with Gasteiger partial charge in [0, 0.05) is 24.5 Å². The van der Waals surface area contributed by atoms with Gasteiger partial charge in [-0.1, -0.05) is 13.8 Å². The van der Waals surface area contributed by atoms with Gasteiger partial charge in [0.05, 0.1) is 0 Å². The SMILES string of the molecule is CC(C)CN(c1ccnc(C(=N)N)c1)C(C)C. The molecule has 17 heavy (non-hydrogen) atoms. The third kappa shape index (κ3) is 3.73. The molecule has 0 amide bonds. The van der Waals surface area contributed by atoms with E-state index in [1.807, 2.05) is 12.1 Å². The van der Waals surface area contributed by atoms with Crippen molar-refractivity contribution in [1.29, 1.82) is 5.41 Å². The van der Waals surface area contributed by atoms with Gasteiger partial charge < -0.3 is 10.6 Å². The van der Waals surface area contributed by atoms with Gasteiger partial charge >= 0.3 is 0 Å². The van der Waals surface area contributed by atoms with Crippen LogP contribution in [0.2, 0.25) is 0 Å². The van der Waals surface area contributed by atoms with Gasteiger partial charge in [-0.05, 0) is 31.9 Å². The second-order valence-electron chi connectivity index (χ2n) is 4.95. The Balaban J connectivity index is 3.01. The van der Waals surface area contributed by atoms with Crippen LogP contribution >= 0.6 is 0 Å². The summed E-state index contributed by atoms with van der Waals surface area (Å²) in [5.74, 6) is 0.603. The van der Waals surface area contributed by atoms with Gasteiger partial charge in [-0.3, -0.25) is 10.4 Å². The Labute approximate surface area is 103 Å². The fraction of sp³-hybridized carbons (Fsp3) is 0.538. The van der Waals surface area contributed by atoms with Crippen LogP contribution in [0.15, 0.2) is 18.3 Å². The van der Waals surface area contributed by atoms with Gasteiger partial charge in [-0.2, -0.15) is 0 Å². The van der Waals surface area contributed by atoms with Crippen LogP contribution in [0.25, 0.3) is 0 Å². The average molecular weight is 234 g/mol. The minimum atomic E-state index is 0.0140. The molecule has 4 heteroatoms. The van der Waals surface area contributed by atoms with E-state index in [4.69, 9.17) is 11.1 Å². The van der Waals surface area contributed by atoms with Crippen molar-refractivity contribution in [2.45, 2.75) is 33.7 Å². The summed E-state index contributed by atoms with van der Waals surface area (Å²) in [5.41, 5.74) is 7.08. The van der Waals surface area contributed by atoms with Crippen LogP contribution in [-0.2, 0) is 0 Å². The molecule has 0 aromatic carbocycles. The van der Waals surface area contributed by atoms with Crippen molar-refractivity contribution in [2.24, 2.45) is 11.7 Å². The molecule has 0 saturated carbocycles. The molecule has 0 fully saturated rings. The van der Waals surface area contributed by atoms with E-state index in [0.29, 0.717) is 17.7 Å². The Morgan fingerprint density at radius 2 is 2.06 bits per heavy atom. The van der Waals surface area contributed by atoms with Crippen LogP contribution in [0.3, 0.4) is 0 Å². The van der Waals surface area contributed by atoms with E-state index in [-0.39, 0.29) is 5.84 Å². The summed E-state index contributed by atoms with van der Waals surface area (Å²) in [5, 5.41) is 7.42. The third-order valence-corrected chi connectivity index (χ3v) is 2.54. The predicted octanol–water partition coefficient (Wildman–Crippen LogP) is 2.24. The lowest BCUT2D eigenvalue weighted by Gasteiger charge is -2.30. The first-order chi connectivity index (χ1) is 7.91. The van der Waals surface area contributed by atoms with Crippen LogP contribution in [0.4, 0.5) is 5.69 Å². The first kappa shape index (κ1) is 13.5. The van der Waals surface area contributed by atoms with Crippen LogP contribution in [-0.4, -0.2) is 23.4 Å². The van der Waals surface area contributed by atoms with Crippen molar-refractivity contribution in [1.82, 2.24) is 4.98 Å². The Kier molecular flexibility index (Phi) is 4.49. The number of pyridine rings is 1. The van der Waals surface area contributed by atoms with E-state index in [0.717, 1.165) is 12.2 Å². The van der Waals surface area contributed by atoms with Crippen molar-refractivity contribution in [3.63, 3.8) is 0 Å². The molecule has 0 saturated heterocycles. The summed E-state index contributed by atoms with van der Waals surface area (Å²) in [6.07, 6.45) is 1.71. The maximum atomic E-state index is 7.42. The number of amidine groups is 1. The molecule has 0 bridgehead atoms. The van der Waals surface area contributed by atoms with Crippen LogP contribution < -0.4 is 10.6 Å². The summed E-state index contributed by atoms with van der Waals surface area (Å²) >= 11 is 0. The minimum Gasteiger partial charge on any atom is -0.382 e. The molecule has 0 aliphatic rings. The molecule has 94 valence electrons. The monoisotopic (exact) mass is 234 g/mol. The standard InChI is InChI=1S/C13H22N4/c1-9(2)8-17(10(3)4)11-5-6-16-12(7-11)13(14)15/h5-7,9-10H,8H2,1-4H3,(H3,14,15). The number of nitrogens with zero attached hydrogens (tertiary/aromatic N) is 2. The largest absolute Gasteiger partial charge is 0.382 e. The van der Waals surface area contributed by atoms with Gasteiger partial charge in [0.25, 0.3) is 0 Å². The van der Waals surface area contributed by atoms with E-state index in [2.05, 4.69) is 37.6 Å². The number of nitrogen functional groups attached to an aromatic ring is 1. The molecule has 0 unspecified atom stereocenters. The molecule has 4 nitrogen and oxygen atoms in total. The molecule has 3 N–H and O–H groups in total. The summed E-state index contributed by atoms with van der Waals surface area (Å²) in [6.45, 7) is 9.70. The lowest BCUT2D eigenvalue weighted by atomic mass is 10.1. The zero-order chi connectivity index (χ0) is 13.0. The number of nitrogens with one attached hydrogen (secondary N) is 1. The van der Waals surface area contributed by atoms with E-state index < -0.39 is 0 Å². The highest BCUT2D eigenvalue weighted by atomic mass is 15.2. The second kappa shape index (κ2) is 5.66. The molecule has 1 rings (SSSR count). The molecular formula is C13H22N4. The highest BCUT2D eigenvalue weighted by Gasteiger charge is 2.13. The van der Waals surface area contributed by atoms with Gasteiger partial charge in [0.1, 0.15) is 11.5 Å². The fourth-order valence-corrected chi connectivity index (χ4v) is 1.75. The van der Waals surface area contributed by atoms with Crippen molar-refractivity contribution in [3.8, 4) is 0 Å². The Bertz CT molecular complexity index is 385. The second-order valence-corrected chi connectivity index (χ2v) is 4.95. The lowest BCUT2D eigenvalue weighted by molar-refractivity contribution is 0.571. The molecule has 0 spiro atoms. The number of nitrogens with two attached hydrogens (primary N) is 1. The first-order valence-electron chi connectivity index (χ1n) is 5.99. The number of anilines is 1. The summed E-state index contributed by atoms with van der Waals surface area (Å²) in [6, 6.07) is 4.26. The summed E-state index contributed by atoms with van der Waals surface area (Å²) in [4.78, 5) is 6.39. The van der Waals surface area contributed by atoms with Crippen molar-refractivity contribution in [3.05, 3.63) is 24.0 Å². The van der Waals surface area contributed by atoms with Crippen molar-refractivity contribution < 1.29 is 0 Å². The van der Waals surface area contributed by atoms with Crippen LogP contribution in [0.5, 0.6) is 0 Å². The third-order valence-electron chi connectivity index (χ3n) is 2.54. The van der Waals surface area contributed by atoms with Crippen LogP contribution in [0.1, 0.15) is 33.4 Å². The molecule has 1 aromatic heterocycles. The minimum absolute atomic E-state index is 0.0140. The zero-order valence-electron chi connectivity index (χ0n) is 11.1. The molecule has 1 heterocycles. The zero-order valence-corrected chi connectivity index (χ0v) is 11.1. The molecule has 1 aromatic rings. The molecule has 0 atom stereocenters. The Morgan fingerprint density at radius 3 is 2.53 bits per heavy atom. The Morgan fingerprint density at radius 1 is 1.41 bits per heavy atom. The maximum Gasteiger partial charge on any atom is 0.141 e. The first-order valence-corrected chi connectivity index (χ1v) is 5.99. The van der Waals surface area contributed by atoms with E-state index in [9.17, 15) is 0 Å². The van der Waals surface area contributed by atoms with Crippen molar-refractivity contribution in [2.75, 3.05) is 11.4 Å². The predicted molar refractivity (Wildman–Crippen MR) is 72.6 cm³/mol. The number of rotatable bonds is 5. The quantitative estimate of drug-likeness (QED) is 0.606. The average Bonchev–Trinajstić information content (AvgIpc) is 2.25. The number of aromatic nitrogens is 1. The van der Waals surface area contributed by atoms with E-state index in [1.165, 1.54) is 0 Å². The maximum absolute atomic E-state index is 7.42. The van der Waals surface area contributed by atoms with Crippen molar-refractivity contribution >= 4 is 11.5 Å². The van der Waals surface area contributed by atoms with E-state index >= 15 is 0 Å². The number of hydrogen-bond donors (Lipinski definition) is 2.